The van der Waals surface area contributed by atoms with E-state index in [4.69, 9.17) is 9.47 Å². The first-order valence-electron chi connectivity index (χ1n) is 8.47. The maximum absolute atomic E-state index is 13.7. The van der Waals surface area contributed by atoms with Gasteiger partial charge in [0, 0.05) is 23.4 Å². The van der Waals surface area contributed by atoms with Crippen molar-refractivity contribution in [2.45, 2.75) is 37.6 Å². The van der Waals surface area contributed by atoms with Gasteiger partial charge >= 0.3 is 0 Å². The number of rotatable bonds is 2. The minimum absolute atomic E-state index is 0.0425. The molecule has 1 aromatic rings. The van der Waals surface area contributed by atoms with Crippen molar-refractivity contribution in [2.75, 3.05) is 26.4 Å². The Morgan fingerprint density at radius 1 is 1.43 bits per heavy atom. The van der Waals surface area contributed by atoms with Gasteiger partial charge in [-0.3, -0.25) is 4.79 Å². The van der Waals surface area contributed by atoms with Crippen LogP contribution in [0.4, 0.5) is 4.39 Å². The number of hydrogen-bond acceptors (Lipinski definition) is 3. The number of fused-ring (bicyclic) bond motifs is 2. The molecule has 1 spiro atoms. The van der Waals surface area contributed by atoms with Crippen LogP contribution in [0.25, 0.3) is 0 Å². The molecule has 0 unspecified atom stereocenters. The topological polar surface area (TPSA) is 38.8 Å². The fourth-order valence-electron chi connectivity index (χ4n) is 4.18. The summed E-state index contributed by atoms with van der Waals surface area (Å²) in [5.41, 5.74) is 0.659. The molecule has 1 aliphatic carbocycles. The van der Waals surface area contributed by atoms with E-state index in [9.17, 15) is 9.18 Å². The summed E-state index contributed by atoms with van der Waals surface area (Å²) in [6, 6.07) is 4.83. The number of morpholine rings is 1. The lowest BCUT2D eigenvalue weighted by Crippen LogP contribution is -2.49. The lowest BCUT2D eigenvalue weighted by atomic mass is 9.87. The van der Waals surface area contributed by atoms with Crippen LogP contribution in [0.1, 0.15) is 31.7 Å². The van der Waals surface area contributed by atoms with Crippen molar-refractivity contribution in [3.63, 3.8) is 0 Å². The van der Waals surface area contributed by atoms with E-state index in [-0.39, 0.29) is 29.1 Å². The number of ether oxygens (including phenoxy) is 2. The molecule has 1 saturated carbocycles. The lowest BCUT2D eigenvalue weighted by molar-refractivity contribution is -0.142. The summed E-state index contributed by atoms with van der Waals surface area (Å²) in [4.78, 5) is 15.0. The fourth-order valence-corrected chi connectivity index (χ4v) is 4.18. The molecule has 4 rings (SSSR count). The third kappa shape index (κ3) is 2.33. The van der Waals surface area contributed by atoms with Gasteiger partial charge in [-0.1, -0.05) is 6.92 Å². The standard InChI is InChI=1S/C18H22FNO3/c1-2-13-11-22-8-6-20(13)17(21)15-10-18(15)5-7-23-16-4-3-12(19)9-14(16)18/h3-4,9,13,15H,2,5-8,10-11H2,1H3/t13-,15-,18-/m1/s1. The van der Waals surface area contributed by atoms with Crippen molar-refractivity contribution in [3.8, 4) is 5.75 Å². The molecular weight excluding hydrogens is 297 g/mol. The number of carbonyl (C=O) groups is 1. The maximum atomic E-state index is 13.7. The van der Waals surface area contributed by atoms with Crippen molar-refractivity contribution in [1.29, 1.82) is 0 Å². The van der Waals surface area contributed by atoms with Crippen molar-refractivity contribution in [3.05, 3.63) is 29.6 Å². The molecule has 1 saturated heterocycles. The first-order chi connectivity index (χ1) is 11.2. The number of nitrogens with zero attached hydrogens (tertiary/aromatic N) is 1. The number of amides is 1. The number of halogens is 1. The van der Waals surface area contributed by atoms with Gasteiger partial charge in [0.1, 0.15) is 11.6 Å². The summed E-state index contributed by atoms with van der Waals surface area (Å²) < 4.78 is 24.9. The third-order valence-electron chi connectivity index (χ3n) is 5.64. The number of benzene rings is 1. The Balaban J connectivity index is 1.60. The van der Waals surface area contributed by atoms with Crippen molar-refractivity contribution in [1.82, 2.24) is 4.90 Å². The Kier molecular flexibility index (Phi) is 3.56. The molecule has 23 heavy (non-hydrogen) atoms. The smallest absolute Gasteiger partial charge is 0.227 e. The van der Waals surface area contributed by atoms with Crippen LogP contribution < -0.4 is 4.74 Å². The van der Waals surface area contributed by atoms with Gasteiger partial charge in [-0.2, -0.15) is 0 Å². The SMILES string of the molecule is CC[C@@H]1COCCN1C(=O)[C@H]1C[C@@]12CCOc1ccc(F)cc12. The van der Waals surface area contributed by atoms with Gasteiger partial charge in [0.05, 0.1) is 25.9 Å². The number of hydrogen-bond donors (Lipinski definition) is 0. The molecule has 3 aliphatic rings. The predicted octanol–water partition coefficient (Wildman–Crippen LogP) is 2.50. The zero-order valence-electron chi connectivity index (χ0n) is 13.4. The first kappa shape index (κ1) is 14.9. The lowest BCUT2D eigenvalue weighted by Gasteiger charge is -2.36. The van der Waals surface area contributed by atoms with Gasteiger partial charge < -0.3 is 14.4 Å². The van der Waals surface area contributed by atoms with E-state index in [0.29, 0.717) is 26.4 Å². The molecule has 2 heterocycles. The second-order valence-corrected chi connectivity index (χ2v) is 6.82. The molecule has 0 aromatic heterocycles. The Morgan fingerprint density at radius 3 is 3.13 bits per heavy atom. The highest BCUT2D eigenvalue weighted by molar-refractivity contribution is 5.85. The molecule has 124 valence electrons. The molecule has 1 aromatic carbocycles. The zero-order chi connectivity index (χ0) is 16.0. The molecular formula is C18H22FNO3. The molecule has 0 N–H and O–H groups in total. The second kappa shape index (κ2) is 5.48. The average Bonchev–Trinajstić information content (AvgIpc) is 3.30. The summed E-state index contributed by atoms with van der Waals surface area (Å²) >= 11 is 0. The Morgan fingerprint density at radius 2 is 2.30 bits per heavy atom. The van der Waals surface area contributed by atoms with Crippen molar-refractivity contribution >= 4 is 5.91 Å². The molecule has 4 nitrogen and oxygen atoms in total. The molecule has 0 bridgehead atoms. The molecule has 5 heteroatoms. The van der Waals surface area contributed by atoms with E-state index >= 15 is 0 Å². The van der Waals surface area contributed by atoms with Gasteiger partial charge in [-0.25, -0.2) is 4.39 Å². The minimum Gasteiger partial charge on any atom is -0.493 e. The summed E-state index contributed by atoms with van der Waals surface area (Å²) in [6.07, 6.45) is 2.50. The average molecular weight is 319 g/mol. The van der Waals surface area contributed by atoms with Crippen LogP contribution in [0.5, 0.6) is 5.75 Å². The van der Waals surface area contributed by atoms with E-state index < -0.39 is 0 Å². The molecule has 2 fully saturated rings. The van der Waals surface area contributed by atoms with E-state index in [0.717, 1.165) is 30.6 Å². The second-order valence-electron chi connectivity index (χ2n) is 6.82. The summed E-state index contributed by atoms with van der Waals surface area (Å²) in [6.45, 7) is 4.58. The van der Waals surface area contributed by atoms with Crippen LogP contribution >= 0.6 is 0 Å². The highest BCUT2D eigenvalue weighted by Crippen LogP contribution is 2.61. The van der Waals surface area contributed by atoms with Gasteiger partial charge in [0.15, 0.2) is 0 Å². The highest BCUT2D eigenvalue weighted by Gasteiger charge is 2.62. The van der Waals surface area contributed by atoms with Gasteiger partial charge in [0.25, 0.3) is 0 Å². The zero-order valence-corrected chi connectivity index (χ0v) is 13.4. The molecule has 2 aliphatic heterocycles. The molecule has 3 atom stereocenters. The van der Waals surface area contributed by atoms with Crippen LogP contribution in [0.3, 0.4) is 0 Å². The summed E-state index contributed by atoms with van der Waals surface area (Å²) in [5, 5.41) is 0. The van der Waals surface area contributed by atoms with Crippen LogP contribution in [0.2, 0.25) is 0 Å². The van der Waals surface area contributed by atoms with E-state index in [1.54, 1.807) is 12.1 Å². The van der Waals surface area contributed by atoms with Gasteiger partial charge in [-0.15, -0.1) is 0 Å². The predicted molar refractivity (Wildman–Crippen MR) is 82.9 cm³/mol. The Labute approximate surface area is 135 Å². The molecule has 1 amide bonds. The quantitative estimate of drug-likeness (QED) is 0.841. The fraction of sp³-hybridized carbons (Fsp3) is 0.611. The Bertz CT molecular complexity index is 635. The summed E-state index contributed by atoms with van der Waals surface area (Å²) in [7, 11) is 0. The third-order valence-corrected chi connectivity index (χ3v) is 5.64. The largest absolute Gasteiger partial charge is 0.493 e. The van der Waals surface area contributed by atoms with E-state index in [1.807, 2.05) is 4.90 Å². The van der Waals surface area contributed by atoms with Gasteiger partial charge in [0.2, 0.25) is 5.91 Å². The van der Waals surface area contributed by atoms with Crippen LogP contribution in [-0.4, -0.2) is 43.2 Å². The minimum atomic E-state index is -0.260. The first-order valence-corrected chi connectivity index (χ1v) is 8.47. The monoisotopic (exact) mass is 319 g/mol. The van der Waals surface area contributed by atoms with Gasteiger partial charge in [-0.05, 0) is 37.5 Å². The summed E-state index contributed by atoms with van der Waals surface area (Å²) in [5.74, 6) is 0.642. The number of carbonyl (C=O) groups excluding carboxylic acids is 1. The van der Waals surface area contributed by atoms with E-state index in [1.165, 1.54) is 6.07 Å². The van der Waals surface area contributed by atoms with Crippen LogP contribution in [-0.2, 0) is 14.9 Å². The normalized spacial score (nSPS) is 32.3. The highest BCUT2D eigenvalue weighted by atomic mass is 19.1. The maximum Gasteiger partial charge on any atom is 0.227 e. The van der Waals surface area contributed by atoms with Crippen molar-refractivity contribution in [2.24, 2.45) is 5.92 Å². The Hall–Kier alpha value is -1.62. The van der Waals surface area contributed by atoms with Crippen LogP contribution in [0.15, 0.2) is 18.2 Å². The van der Waals surface area contributed by atoms with Crippen LogP contribution in [0, 0.1) is 11.7 Å². The molecule has 0 radical (unpaired) electrons. The van der Waals surface area contributed by atoms with E-state index in [2.05, 4.69) is 6.92 Å². The van der Waals surface area contributed by atoms with Crippen molar-refractivity contribution < 1.29 is 18.7 Å².